The smallest absolute Gasteiger partial charge is 0.273 e. The fourth-order valence-electron chi connectivity index (χ4n) is 2.56. The molecule has 0 aliphatic carbocycles. The average molecular weight is 369 g/mol. The maximum absolute atomic E-state index is 12.2. The van der Waals surface area contributed by atoms with Crippen molar-refractivity contribution < 1.29 is 19.6 Å². The first-order valence-corrected chi connectivity index (χ1v) is 8.36. The van der Waals surface area contributed by atoms with Crippen LogP contribution >= 0.6 is 0 Å². The van der Waals surface area contributed by atoms with E-state index in [0.717, 1.165) is 11.1 Å². The maximum atomic E-state index is 12.2. The van der Waals surface area contributed by atoms with Crippen LogP contribution in [0.2, 0.25) is 0 Å². The normalized spacial score (nSPS) is 11.9. The molecule has 2 rings (SSSR count). The Morgan fingerprint density at radius 1 is 1.11 bits per heavy atom. The number of hydrogen-bond acceptors (Lipinski definition) is 6. The summed E-state index contributed by atoms with van der Waals surface area (Å²) in [6, 6.07) is 12.4. The number of nitrogens with one attached hydrogen (secondary N) is 1. The molecule has 2 N–H and O–H groups in total. The lowest BCUT2D eigenvalue weighted by atomic mass is 9.98. The molecule has 27 heavy (non-hydrogen) atoms. The fraction of sp³-hybridized carbons (Fsp3) is 0.250. The molecule has 2 aromatic rings. The van der Waals surface area contributed by atoms with Gasteiger partial charge < -0.3 is 20.1 Å². The second-order valence-electron chi connectivity index (χ2n) is 5.77. The van der Waals surface area contributed by atoms with Crippen molar-refractivity contribution in [3.8, 4) is 5.75 Å². The van der Waals surface area contributed by atoms with E-state index in [9.17, 15) is 9.90 Å². The van der Waals surface area contributed by atoms with Gasteiger partial charge >= 0.3 is 0 Å². The summed E-state index contributed by atoms with van der Waals surface area (Å²) in [6.45, 7) is 3.79. The Morgan fingerprint density at radius 2 is 1.81 bits per heavy atom. The van der Waals surface area contributed by atoms with E-state index in [0.29, 0.717) is 16.8 Å². The second-order valence-corrected chi connectivity index (χ2v) is 5.77. The first-order valence-electron chi connectivity index (χ1n) is 8.36. The van der Waals surface area contributed by atoms with Crippen LogP contribution < -0.4 is 5.32 Å². The molecule has 0 saturated carbocycles. The molecular weight excluding hydrogens is 346 g/mol. The van der Waals surface area contributed by atoms with Crippen LogP contribution in [-0.2, 0) is 21.1 Å². The number of benzene rings is 2. The van der Waals surface area contributed by atoms with Gasteiger partial charge in [0, 0.05) is 23.7 Å². The number of oxime groups is 2. The number of amides is 1. The highest BCUT2D eigenvalue weighted by atomic mass is 16.6. The molecule has 1 amide bonds. The van der Waals surface area contributed by atoms with E-state index >= 15 is 0 Å². The van der Waals surface area contributed by atoms with E-state index in [4.69, 9.17) is 9.68 Å². The topological polar surface area (TPSA) is 92.5 Å². The van der Waals surface area contributed by atoms with Crippen LogP contribution in [0.5, 0.6) is 5.75 Å². The molecule has 0 bridgehead atoms. The summed E-state index contributed by atoms with van der Waals surface area (Å²) in [7, 11) is 2.91. The van der Waals surface area contributed by atoms with Crippen molar-refractivity contribution in [2.24, 2.45) is 10.3 Å². The molecule has 0 atom stereocenters. The molecule has 0 aliphatic heterocycles. The van der Waals surface area contributed by atoms with Gasteiger partial charge in [-0.1, -0.05) is 40.6 Å². The molecule has 0 aromatic heterocycles. The summed E-state index contributed by atoms with van der Waals surface area (Å²) in [4.78, 5) is 22.5. The Kier molecular flexibility index (Phi) is 6.93. The number of aromatic hydroxyl groups is 1. The molecule has 0 fully saturated rings. The van der Waals surface area contributed by atoms with Gasteiger partial charge in [-0.15, -0.1) is 0 Å². The van der Waals surface area contributed by atoms with Crippen molar-refractivity contribution in [2.45, 2.75) is 20.5 Å². The third-order valence-electron chi connectivity index (χ3n) is 3.99. The Hall–Kier alpha value is -3.35. The van der Waals surface area contributed by atoms with Crippen molar-refractivity contribution in [1.82, 2.24) is 5.32 Å². The molecule has 0 aliphatic rings. The minimum Gasteiger partial charge on any atom is -0.507 e. The first kappa shape index (κ1) is 20.0. The van der Waals surface area contributed by atoms with Gasteiger partial charge in [-0.05, 0) is 31.5 Å². The van der Waals surface area contributed by atoms with Crippen LogP contribution in [0.1, 0.15) is 29.2 Å². The van der Waals surface area contributed by atoms with Gasteiger partial charge in [0.1, 0.15) is 19.5 Å². The van der Waals surface area contributed by atoms with Gasteiger partial charge in [0.25, 0.3) is 5.91 Å². The van der Waals surface area contributed by atoms with Gasteiger partial charge in [0.05, 0.1) is 5.71 Å². The predicted molar refractivity (Wildman–Crippen MR) is 104 cm³/mol. The van der Waals surface area contributed by atoms with E-state index in [-0.39, 0.29) is 24.0 Å². The van der Waals surface area contributed by atoms with E-state index in [1.165, 1.54) is 14.2 Å². The molecule has 0 heterocycles. The van der Waals surface area contributed by atoms with Crippen LogP contribution in [0.25, 0.3) is 0 Å². The number of para-hydroxylation sites is 1. The van der Waals surface area contributed by atoms with Crippen LogP contribution in [0.15, 0.2) is 52.8 Å². The minimum atomic E-state index is -0.363. The molecule has 2 aromatic carbocycles. The van der Waals surface area contributed by atoms with E-state index in [1.54, 1.807) is 31.2 Å². The van der Waals surface area contributed by atoms with E-state index < -0.39 is 0 Å². The highest BCUT2D eigenvalue weighted by Gasteiger charge is 2.19. The minimum absolute atomic E-state index is 0.132. The number of aryl methyl sites for hydroxylation is 1. The van der Waals surface area contributed by atoms with Crippen molar-refractivity contribution in [2.75, 3.05) is 14.2 Å². The molecule has 0 radical (unpaired) electrons. The third-order valence-corrected chi connectivity index (χ3v) is 3.99. The van der Waals surface area contributed by atoms with Crippen LogP contribution in [0, 0.1) is 6.92 Å². The number of phenols is 1. The van der Waals surface area contributed by atoms with Crippen molar-refractivity contribution in [3.05, 3.63) is 64.7 Å². The molecule has 0 spiro atoms. The second kappa shape index (κ2) is 9.38. The Morgan fingerprint density at radius 3 is 2.48 bits per heavy atom. The summed E-state index contributed by atoms with van der Waals surface area (Å²) in [5, 5.41) is 20.4. The van der Waals surface area contributed by atoms with Gasteiger partial charge in [0.2, 0.25) is 0 Å². The number of nitrogens with zero attached hydrogens (tertiary/aromatic N) is 2. The van der Waals surface area contributed by atoms with Gasteiger partial charge in [-0.3, -0.25) is 4.79 Å². The van der Waals surface area contributed by atoms with Crippen molar-refractivity contribution >= 4 is 17.3 Å². The zero-order chi connectivity index (χ0) is 19.8. The van der Waals surface area contributed by atoms with Crippen molar-refractivity contribution in [1.29, 1.82) is 0 Å². The summed E-state index contributed by atoms with van der Waals surface area (Å²) >= 11 is 0. The Bertz CT molecular complexity index is 875. The van der Waals surface area contributed by atoms with Gasteiger partial charge in [-0.25, -0.2) is 0 Å². The van der Waals surface area contributed by atoms with E-state index in [2.05, 4.69) is 15.6 Å². The lowest BCUT2D eigenvalue weighted by Crippen LogP contribution is -2.29. The van der Waals surface area contributed by atoms with E-state index in [1.807, 2.05) is 25.1 Å². The number of carbonyl (C=O) groups is 1. The molecule has 7 heteroatoms. The summed E-state index contributed by atoms with van der Waals surface area (Å²) in [5.74, 6) is -0.231. The van der Waals surface area contributed by atoms with Crippen LogP contribution in [0.4, 0.5) is 0 Å². The number of hydrogen-bond donors (Lipinski definition) is 2. The zero-order valence-corrected chi connectivity index (χ0v) is 15.8. The lowest BCUT2D eigenvalue weighted by molar-refractivity contribution is -0.114. The SMILES string of the molecule is CNC(=O)/C(=N/OC)c1cccc(C)c1CO/N=C(\C)c1ccccc1O. The summed E-state index contributed by atoms with van der Waals surface area (Å²) < 4.78 is 0. The Labute approximate surface area is 158 Å². The van der Waals surface area contributed by atoms with Gasteiger partial charge in [0.15, 0.2) is 5.71 Å². The summed E-state index contributed by atoms with van der Waals surface area (Å²) in [5.41, 5.74) is 3.59. The van der Waals surface area contributed by atoms with Crippen molar-refractivity contribution in [3.63, 3.8) is 0 Å². The van der Waals surface area contributed by atoms with Crippen LogP contribution in [0.3, 0.4) is 0 Å². The average Bonchev–Trinajstić information content (AvgIpc) is 2.67. The number of rotatable bonds is 7. The maximum Gasteiger partial charge on any atom is 0.273 e. The largest absolute Gasteiger partial charge is 0.507 e. The number of phenolic OH excluding ortho intramolecular Hbond substituents is 1. The Balaban J connectivity index is 2.29. The predicted octanol–water partition coefficient (Wildman–Crippen LogP) is 2.74. The quantitative estimate of drug-likeness (QED) is 0.580. The molecule has 0 unspecified atom stereocenters. The van der Waals surface area contributed by atoms with Gasteiger partial charge in [-0.2, -0.15) is 0 Å². The molecule has 7 nitrogen and oxygen atoms in total. The number of likely N-dealkylation sites (N-methyl/N-ethyl adjacent to an activating group) is 1. The molecular formula is C20H23N3O4. The molecule has 0 saturated heterocycles. The highest BCUT2D eigenvalue weighted by molar-refractivity contribution is 6.45. The first-order chi connectivity index (χ1) is 13.0. The summed E-state index contributed by atoms with van der Waals surface area (Å²) in [6.07, 6.45) is 0. The highest BCUT2D eigenvalue weighted by Crippen LogP contribution is 2.19. The third kappa shape index (κ3) is 4.84. The lowest BCUT2D eigenvalue weighted by Gasteiger charge is -2.13. The molecule has 142 valence electrons. The number of carbonyl (C=O) groups excluding carboxylic acids is 1. The standard InChI is InChI=1S/C20H23N3O4/c1-13-8-7-10-16(19(23-26-4)20(25)21-3)17(13)12-27-22-14(2)15-9-5-6-11-18(15)24/h5-11,24H,12H2,1-4H3,(H,21,25)/b22-14+,23-19+. The monoisotopic (exact) mass is 369 g/mol. The van der Waals surface area contributed by atoms with Crippen LogP contribution in [-0.4, -0.2) is 36.6 Å². The zero-order valence-electron chi connectivity index (χ0n) is 15.8. The fourth-order valence-corrected chi connectivity index (χ4v) is 2.56.